The second-order valence-electron chi connectivity index (χ2n) is 4.06. The first-order valence-electron chi connectivity index (χ1n) is 5.40. The first-order chi connectivity index (χ1) is 7.82. The Balaban J connectivity index is 3.78. The summed E-state index contributed by atoms with van der Waals surface area (Å²) in [5.74, 6) is -1.02. The molecule has 17 heavy (non-hydrogen) atoms. The predicted molar refractivity (Wildman–Crippen MR) is 66.3 cm³/mol. The monoisotopic (exact) mass is 264 g/mol. The van der Waals surface area contributed by atoms with Gasteiger partial charge in [0.05, 0.1) is 5.92 Å². The summed E-state index contributed by atoms with van der Waals surface area (Å²) in [7, 11) is -0.868. The van der Waals surface area contributed by atoms with Crippen LogP contribution in [0.1, 0.15) is 20.3 Å². The van der Waals surface area contributed by atoms with Crippen molar-refractivity contribution in [1.82, 2.24) is 10.6 Å². The van der Waals surface area contributed by atoms with Crippen molar-refractivity contribution in [2.75, 3.05) is 18.6 Å². The molecular weight excluding hydrogens is 244 g/mol. The predicted octanol–water partition coefficient (Wildman–Crippen LogP) is 0.163. The Morgan fingerprint density at radius 2 is 1.94 bits per heavy atom. The molecule has 0 rings (SSSR count). The van der Waals surface area contributed by atoms with Crippen molar-refractivity contribution < 1.29 is 18.9 Å². The van der Waals surface area contributed by atoms with Crippen LogP contribution in [0.25, 0.3) is 0 Å². The highest BCUT2D eigenvalue weighted by molar-refractivity contribution is 7.84. The van der Waals surface area contributed by atoms with Gasteiger partial charge in [0, 0.05) is 35.4 Å². The number of nitrogens with one attached hydrogen (secondary N) is 2. The molecule has 0 heterocycles. The molecule has 0 aliphatic carbocycles. The van der Waals surface area contributed by atoms with Gasteiger partial charge in [-0.2, -0.15) is 0 Å². The van der Waals surface area contributed by atoms with E-state index in [1.54, 1.807) is 6.26 Å². The lowest BCUT2D eigenvalue weighted by molar-refractivity contribution is -0.140. The largest absolute Gasteiger partial charge is 0.481 e. The van der Waals surface area contributed by atoms with E-state index in [2.05, 4.69) is 10.6 Å². The van der Waals surface area contributed by atoms with Crippen molar-refractivity contribution in [3.05, 3.63) is 0 Å². The topological polar surface area (TPSA) is 95.5 Å². The summed E-state index contributed by atoms with van der Waals surface area (Å²) in [6, 6.07) is -0.480. The maximum atomic E-state index is 11.3. The summed E-state index contributed by atoms with van der Waals surface area (Å²) < 4.78 is 10.8. The molecular formula is C10H20N2O4S. The Bertz CT molecular complexity index is 296. The van der Waals surface area contributed by atoms with Gasteiger partial charge in [0.15, 0.2) is 0 Å². The Morgan fingerprint density at radius 3 is 2.41 bits per heavy atom. The molecule has 3 atom stereocenters. The number of carbonyl (C=O) groups excluding carboxylic acids is 1. The normalized spacial score (nSPS) is 15.7. The summed E-state index contributed by atoms with van der Waals surface area (Å²) >= 11 is 0. The summed E-state index contributed by atoms with van der Waals surface area (Å²) in [5, 5.41) is 13.7. The Kier molecular flexibility index (Phi) is 7.53. The molecule has 0 aromatic heterocycles. The van der Waals surface area contributed by atoms with Crippen LogP contribution in [0.5, 0.6) is 0 Å². The number of hydrogen-bond acceptors (Lipinski definition) is 3. The van der Waals surface area contributed by atoms with Gasteiger partial charge in [-0.25, -0.2) is 4.79 Å². The lowest BCUT2D eigenvalue weighted by Gasteiger charge is -2.14. The lowest BCUT2D eigenvalue weighted by Crippen LogP contribution is -2.43. The number of hydrogen-bond donors (Lipinski definition) is 3. The molecule has 0 bridgehead atoms. The van der Waals surface area contributed by atoms with Crippen LogP contribution in [0.15, 0.2) is 0 Å². The lowest BCUT2D eigenvalue weighted by atomic mass is 10.2. The number of carbonyl (C=O) groups is 2. The summed E-state index contributed by atoms with van der Waals surface area (Å²) in [4.78, 5) is 21.8. The minimum absolute atomic E-state index is 0.0842. The molecule has 2 amide bonds. The van der Waals surface area contributed by atoms with Crippen molar-refractivity contribution >= 4 is 22.8 Å². The fourth-order valence-electron chi connectivity index (χ4n) is 1.02. The van der Waals surface area contributed by atoms with Gasteiger partial charge in [-0.3, -0.25) is 9.00 Å². The highest BCUT2D eigenvalue weighted by Gasteiger charge is 2.13. The van der Waals surface area contributed by atoms with E-state index in [1.165, 1.54) is 6.92 Å². The molecule has 3 N–H and O–H groups in total. The highest BCUT2D eigenvalue weighted by Crippen LogP contribution is 1.94. The number of aliphatic carboxylic acids is 1. The van der Waals surface area contributed by atoms with Gasteiger partial charge in [-0.05, 0) is 13.3 Å². The van der Waals surface area contributed by atoms with E-state index >= 15 is 0 Å². The summed E-state index contributed by atoms with van der Waals surface area (Å²) in [6.45, 7) is 3.42. The van der Waals surface area contributed by atoms with Gasteiger partial charge < -0.3 is 15.7 Å². The quantitative estimate of drug-likeness (QED) is 0.610. The van der Waals surface area contributed by atoms with Crippen molar-refractivity contribution in [3.63, 3.8) is 0 Å². The van der Waals surface area contributed by atoms with E-state index in [1.807, 2.05) is 6.92 Å². The molecule has 0 aromatic carbocycles. The third kappa shape index (κ3) is 8.67. The molecule has 100 valence electrons. The molecule has 0 saturated carbocycles. The third-order valence-electron chi connectivity index (χ3n) is 2.21. The highest BCUT2D eigenvalue weighted by atomic mass is 32.2. The van der Waals surface area contributed by atoms with E-state index < -0.39 is 28.7 Å². The standard InChI is InChI=1S/C10H20N2O4S/c1-7(9(13)14)6-11-10(15)12-8(2)4-5-17(3)16/h7-8H,4-6H2,1-3H3,(H,13,14)(H2,11,12,15). The van der Waals surface area contributed by atoms with Crippen molar-refractivity contribution in [2.45, 2.75) is 26.3 Å². The number of rotatable bonds is 7. The number of amides is 2. The van der Waals surface area contributed by atoms with Gasteiger partial charge in [0.1, 0.15) is 0 Å². The molecule has 0 aromatic rings. The molecule has 0 saturated heterocycles. The van der Waals surface area contributed by atoms with Gasteiger partial charge in [0.25, 0.3) is 0 Å². The fraction of sp³-hybridized carbons (Fsp3) is 0.800. The number of carboxylic acids is 1. The molecule has 3 unspecified atom stereocenters. The van der Waals surface area contributed by atoms with Crippen molar-refractivity contribution in [1.29, 1.82) is 0 Å². The van der Waals surface area contributed by atoms with E-state index in [0.717, 1.165) is 0 Å². The maximum absolute atomic E-state index is 11.3. The molecule has 6 nitrogen and oxygen atoms in total. The van der Waals surface area contributed by atoms with Crippen LogP contribution in [0, 0.1) is 5.92 Å². The van der Waals surface area contributed by atoms with Crippen LogP contribution in [0.2, 0.25) is 0 Å². The third-order valence-corrected chi connectivity index (χ3v) is 3.02. The molecule has 0 aliphatic rings. The van der Waals surface area contributed by atoms with Gasteiger partial charge in [-0.15, -0.1) is 0 Å². The first kappa shape index (κ1) is 15.9. The number of urea groups is 1. The molecule has 0 fully saturated rings. The van der Waals surface area contributed by atoms with Crippen LogP contribution in [-0.4, -0.2) is 45.9 Å². The molecule has 0 aliphatic heterocycles. The van der Waals surface area contributed by atoms with E-state index in [-0.39, 0.29) is 12.6 Å². The average Bonchev–Trinajstić information content (AvgIpc) is 2.22. The van der Waals surface area contributed by atoms with Crippen LogP contribution < -0.4 is 10.6 Å². The second kappa shape index (κ2) is 8.05. The van der Waals surface area contributed by atoms with Gasteiger partial charge in [-0.1, -0.05) is 6.92 Å². The SMILES string of the molecule is CC(CCS(C)=O)NC(=O)NCC(C)C(=O)O. The maximum Gasteiger partial charge on any atom is 0.315 e. The zero-order valence-corrected chi connectivity index (χ0v) is 11.2. The average molecular weight is 264 g/mol. The summed E-state index contributed by atoms with van der Waals surface area (Å²) in [5.41, 5.74) is 0. The molecule has 0 spiro atoms. The van der Waals surface area contributed by atoms with Gasteiger partial charge in [0.2, 0.25) is 0 Å². The zero-order chi connectivity index (χ0) is 13.4. The minimum Gasteiger partial charge on any atom is -0.481 e. The smallest absolute Gasteiger partial charge is 0.315 e. The van der Waals surface area contributed by atoms with E-state index in [0.29, 0.717) is 12.2 Å². The Hall–Kier alpha value is -1.11. The molecule has 7 heteroatoms. The second-order valence-corrected chi connectivity index (χ2v) is 5.62. The van der Waals surface area contributed by atoms with Crippen LogP contribution in [0.4, 0.5) is 4.79 Å². The first-order valence-corrected chi connectivity index (χ1v) is 7.12. The van der Waals surface area contributed by atoms with Crippen molar-refractivity contribution in [3.8, 4) is 0 Å². The fourth-order valence-corrected chi connectivity index (χ4v) is 1.71. The Labute approximate surface area is 104 Å². The summed E-state index contributed by atoms with van der Waals surface area (Å²) in [6.07, 6.45) is 2.24. The minimum atomic E-state index is -0.945. The van der Waals surface area contributed by atoms with Crippen LogP contribution >= 0.6 is 0 Å². The molecule has 0 radical (unpaired) electrons. The Morgan fingerprint density at radius 1 is 1.35 bits per heavy atom. The number of carboxylic acid groups (broad SMARTS) is 1. The van der Waals surface area contributed by atoms with E-state index in [4.69, 9.17) is 5.11 Å². The zero-order valence-electron chi connectivity index (χ0n) is 10.4. The van der Waals surface area contributed by atoms with E-state index in [9.17, 15) is 13.8 Å². The van der Waals surface area contributed by atoms with Crippen LogP contribution in [-0.2, 0) is 15.6 Å². The van der Waals surface area contributed by atoms with Crippen LogP contribution in [0.3, 0.4) is 0 Å². The van der Waals surface area contributed by atoms with Crippen molar-refractivity contribution in [2.24, 2.45) is 5.92 Å². The van der Waals surface area contributed by atoms with Gasteiger partial charge >= 0.3 is 12.0 Å².